The SMILES string of the molecule is O=C(c1cccc([N+](=O)[O-])c1)N1CCC(NCc2ccccc2)CC1. The molecule has 1 amide bonds. The number of nitrogens with one attached hydrogen (secondary N) is 1. The normalized spacial score (nSPS) is 15.1. The van der Waals surface area contributed by atoms with Gasteiger partial charge in [-0.2, -0.15) is 0 Å². The van der Waals surface area contributed by atoms with Crippen LogP contribution < -0.4 is 5.32 Å². The first kappa shape index (κ1) is 17.1. The van der Waals surface area contributed by atoms with Crippen molar-refractivity contribution in [2.24, 2.45) is 0 Å². The molecular weight excluding hydrogens is 318 g/mol. The number of carbonyl (C=O) groups is 1. The highest BCUT2D eigenvalue weighted by Crippen LogP contribution is 2.18. The van der Waals surface area contributed by atoms with E-state index in [0.717, 1.165) is 19.4 Å². The molecule has 1 heterocycles. The van der Waals surface area contributed by atoms with Crippen LogP contribution in [0.25, 0.3) is 0 Å². The Labute approximate surface area is 146 Å². The third-order valence-electron chi connectivity index (χ3n) is 4.52. The summed E-state index contributed by atoms with van der Waals surface area (Å²) in [6.45, 7) is 2.15. The van der Waals surface area contributed by atoms with Crippen molar-refractivity contribution in [3.63, 3.8) is 0 Å². The minimum Gasteiger partial charge on any atom is -0.339 e. The van der Waals surface area contributed by atoms with Crippen LogP contribution in [0.5, 0.6) is 0 Å². The minimum atomic E-state index is -0.476. The molecule has 2 aromatic carbocycles. The van der Waals surface area contributed by atoms with Crippen molar-refractivity contribution in [2.75, 3.05) is 13.1 Å². The molecule has 25 heavy (non-hydrogen) atoms. The van der Waals surface area contributed by atoms with E-state index in [1.54, 1.807) is 17.0 Å². The number of piperidine rings is 1. The third-order valence-corrected chi connectivity index (χ3v) is 4.52. The highest BCUT2D eigenvalue weighted by Gasteiger charge is 2.24. The van der Waals surface area contributed by atoms with Gasteiger partial charge in [0.25, 0.3) is 11.6 Å². The molecule has 0 aromatic heterocycles. The maximum atomic E-state index is 12.5. The Morgan fingerprint density at radius 2 is 1.84 bits per heavy atom. The van der Waals surface area contributed by atoms with E-state index < -0.39 is 4.92 Å². The summed E-state index contributed by atoms with van der Waals surface area (Å²) in [6.07, 6.45) is 1.76. The quantitative estimate of drug-likeness (QED) is 0.671. The summed E-state index contributed by atoms with van der Waals surface area (Å²) in [5.74, 6) is -0.134. The van der Waals surface area contributed by atoms with Crippen molar-refractivity contribution in [3.8, 4) is 0 Å². The average molecular weight is 339 g/mol. The minimum absolute atomic E-state index is 0.0507. The second-order valence-electron chi connectivity index (χ2n) is 6.24. The van der Waals surface area contributed by atoms with Crippen LogP contribution in [0.15, 0.2) is 54.6 Å². The first-order chi connectivity index (χ1) is 12.1. The standard InChI is InChI=1S/C19H21N3O3/c23-19(16-7-4-8-18(13-16)22(24)25)21-11-9-17(10-12-21)20-14-15-5-2-1-3-6-15/h1-8,13,17,20H,9-12,14H2. The molecule has 1 aliphatic heterocycles. The van der Waals surface area contributed by atoms with E-state index in [2.05, 4.69) is 17.4 Å². The highest BCUT2D eigenvalue weighted by atomic mass is 16.6. The average Bonchev–Trinajstić information content (AvgIpc) is 2.67. The number of nitrogens with zero attached hydrogens (tertiary/aromatic N) is 2. The molecule has 1 N–H and O–H groups in total. The first-order valence-electron chi connectivity index (χ1n) is 8.44. The largest absolute Gasteiger partial charge is 0.339 e. The molecule has 1 aliphatic rings. The molecule has 0 unspecified atom stereocenters. The fourth-order valence-corrected chi connectivity index (χ4v) is 3.08. The van der Waals surface area contributed by atoms with Crippen LogP contribution in [0.4, 0.5) is 5.69 Å². The fraction of sp³-hybridized carbons (Fsp3) is 0.316. The molecule has 2 aromatic rings. The molecule has 0 saturated carbocycles. The smallest absolute Gasteiger partial charge is 0.270 e. The Morgan fingerprint density at radius 1 is 1.12 bits per heavy atom. The molecule has 130 valence electrons. The van der Waals surface area contributed by atoms with Gasteiger partial charge in [-0.05, 0) is 24.5 Å². The Morgan fingerprint density at radius 3 is 2.52 bits per heavy atom. The lowest BCUT2D eigenvalue weighted by Crippen LogP contribution is -2.44. The number of hydrogen-bond donors (Lipinski definition) is 1. The topological polar surface area (TPSA) is 75.5 Å². The van der Waals surface area contributed by atoms with Crippen molar-refractivity contribution >= 4 is 11.6 Å². The van der Waals surface area contributed by atoms with Crippen molar-refractivity contribution in [2.45, 2.75) is 25.4 Å². The summed E-state index contributed by atoms with van der Waals surface area (Å²) in [5.41, 5.74) is 1.58. The number of hydrogen-bond acceptors (Lipinski definition) is 4. The zero-order valence-corrected chi connectivity index (χ0v) is 13.9. The van der Waals surface area contributed by atoms with E-state index in [1.807, 2.05) is 18.2 Å². The summed E-state index contributed by atoms with van der Waals surface area (Å²) in [6, 6.07) is 16.6. The Bertz CT molecular complexity index is 741. The van der Waals surface area contributed by atoms with E-state index in [9.17, 15) is 14.9 Å². The predicted molar refractivity (Wildman–Crippen MR) is 95.3 cm³/mol. The third kappa shape index (κ3) is 4.42. The maximum Gasteiger partial charge on any atom is 0.270 e. The molecule has 6 nitrogen and oxygen atoms in total. The van der Waals surface area contributed by atoms with Gasteiger partial charge in [0.05, 0.1) is 4.92 Å². The zero-order chi connectivity index (χ0) is 17.6. The van der Waals surface area contributed by atoms with Gasteiger partial charge in [-0.1, -0.05) is 36.4 Å². The summed E-state index contributed by atoms with van der Waals surface area (Å²) < 4.78 is 0. The van der Waals surface area contributed by atoms with Gasteiger partial charge in [0, 0.05) is 43.4 Å². The van der Waals surface area contributed by atoms with Crippen molar-refractivity contribution in [3.05, 3.63) is 75.8 Å². The summed E-state index contributed by atoms with van der Waals surface area (Å²) in [7, 11) is 0. The Balaban J connectivity index is 1.52. The molecule has 1 saturated heterocycles. The molecule has 0 bridgehead atoms. The van der Waals surface area contributed by atoms with Gasteiger partial charge in [0.2, 0.25) is 0 Å². The number of nitro groups is 1. The number of benzene rings is 2. The van der Waals surface area contributed by atoms with Gasteiger partial charge in [-0.25, -0.2) is 0 Å². The van der Waals surface area contributed by atoms with Gasteiger partial charge >= 0.3 is 0 Å². The lowest BCUT2D eigenvalue weighted by atomic mass is 10.0. The lowest BCUT2D eigenvalue weighted by molar-refractivity contribution is -0.384. The number of carbonyl (C=O) groups excluding carboxylic acids is 1. The monoisotopic (exact) mass is 339 g/mol. The first-order valence-corrected chi connectivity index (χ1v) is 8.44. The predicted octanol–water partition coefficient (Wildman–Crippen LogP) is 2.99. The number of non-ortho nitro benzene ring substituents is 1. The molecule has 1 fully saturated rings. The van der Waals surface area contributed by atoms with Gasteiger partial charge in [-0.3, -0.25) is 14.9 Å². The molecule has 0 aliphatic carbocycles. The summed E-state index contributed by atoms with van der Waals surface area (Å²) in [5, 5.41) is 14.4. The van der Waals surface area contributed by atoms with Crippen LogP contribution in [0.2, 0.25) is 0 Å². The van der Waals surface area contributed by atoms with Gasteiger partial charge in [-0.15, -0.1) is 0 Å². The van der Waals surface area contributed by atoms with Crippen LogP contribution in [0.1, 0.15) is 28.8 Å². The van der Waals surface area contributed by atoms with Crippen LogP contribution in [-0.4, -0.2) is 34.9 Å². The van der Waals surface area contributed by atoms with E-state index >= 15 is 0 Å². The fourth-order valence-electron chi connectivity index (χ4n) is 3.08. The molecule has 0 spiro atoms. The maximum absolute atomic E-state index is 12.5. The van der Waals surface area contributed by atoms with E-state index in [-0.39, 0.29) is 11.6 Å². The lowest BCUT2D eigenvalue weighted by Gasteiger charge is -2.32. The van der Waals surface area contributed by atoms with E-state index in [1.165, 1.54) is 17.7 Å². The molecule has 0 radical (unpaired) electrons. The molecule has 6 heteroatoms. The van der Waals surface area contributed by atoms with Gasteiger partial charge in [0.15, 0.2) is 0 Å². The molecular formula is C19H21N3O3. The zero-order valence-electron chi connectivity index (χ0n) is 13.9. The molecule has 3 rings (SSSR count). The number of nitro benzene ring substituents is 1. The number of amides is 1. The van der Waals surface area contributed by atoms with Crippen LogP contribution in [0, 0.1) is 10.1 Å². The Kier molecular flexibility index (Phi) is 5.40. The van der Waals surface area contributed by atoms with Crippen molar-refractivity contribution < 1.29 is 9.72 Å². The van der Waals surface area contributed by atoms with E-state index in [4.69, 9.17) is 0 Å². The van der Waals surface area contributed by atoms with Crippen LogP contribution in [-0.2, 0) is 6.54 Å². The number of likely N-dealkylation sites (tertiary alicyclic amines) is 1. The second kappa shape index (κ2) is 7.90. The number of rotatable bonds is 5. The van der Waals surface area contributed by atoms with Gasteiger partial charge < -0.3 is 10.2 Å². The van der Waals surface area contributed by atoms with Crippen molar-refractivity contribution in [1.82, 2.24) is 10.2 Å². The van der Waals surface area contributed by atoms with E-state index in [0.29, 0.717) is 24.7 Å². The van der Waals surface area contributed by atoms with Crippen molar-refractivity contribution in [1.29, 1.82) is 0 Å². The highest BCUT2D eigenvalue weighted by molar-refractivity contribution is 5.94. The second-order valence-corrected chi connectivity index (χ2v) is 6.24. The van der Waals surface area contributed by atoms with Gasteiger partial charge in [0.1, 0.15) is 0 Å². The summed E-state index contributed by atoms with van der Waals surface area (Å²) in [4.78, 5) is 24.7. The molecule has 0 atom stereocenters. The summed E-state index contributed by atoms with van der Waals surface area (Å²) >= 11 is 0. The van der Waals surface area contributed by atoms with Crippen LogP contribution in [0.3, 0.4) is 0 Å². The Hall–Kier alpha value is -2.73. The van der Waals surface area contributed by atoms with Crippen LogP contribution >= 0.6 is 0 Å².